The van der Waals surface area contributed by atoms with Gasteiger partial charge in [-0.1, -0.05) is 44.9 Å². The van der Waals surface area contributed by atoms with Crippen LogP contribution in [0.3, 0.4) is 0 Å². The number of allylic oxidation sites excluding steroid dienone is 3. The van der Waals surface area contributed by atoms with E-state index in [1.165, 1.54) is 12.7 Å². The smallest absolute Gasteiger partial charge is 0.333 e. The molecular weight excluding hydrogens is 786 g/mol. The van der Waals surface area contributed by atoms with Gasteiger partial charge in [-0.05, 0) is 117 Å². The fraction of sp³-hybridized carbons (Fsp3) is 0.625. The van der Waals surface area contributed by atoms with E-state index >= 15 is 4.79 Å². The van der Waals surface area contributed by atoms with Crippen LogP contribution in [0.1, 0.15) is 137 Å². The maximum atomic E-state index is 15.5. The molecule has 4 aliphatic carbocycles. The highest BCUT2D eigenvalue weighted by atomic mass is 35.5. The van der Waals surface area contributed by atoms with Crippen LogP contribution in [0, 0.1) is 23.2 Å². The van der Waals surface area contributed by atoms with E-state index in [1.807, 2.05) is 31.7 Å². The summed E-state index contributed by atoms with van der Waals surface area (Å²) < 4.78 is 26.4. The van der Waals surface area contributed by atoms with Gasteiger partial charge in [0.15, 0.2) is 5.75 Å². The second-order valence-electron chi connectivity index (χ2n) is 19.2. The molecule has 4 saturated carbocycles. The molecule has 4 fully saturated rings. The third-order valence-electron chi connectivity index (χ3n) is 13.6. The number of benzene rings is 1. The summed E-state index contributed by atoms with van der Waals surface area (Å²) in [5.74, 6) is -1.09. The Hall–Kier alpha value is -3.34. The summed E-state index contributed by atoms with van der Waals surface area (Å²) in [5.41, 5.74) is 1.96. The number of Topliss-reactive ketones (excluding diaryl/α,β-unsaturated/α-hetero) is 1. The van der Waals surface area contributed by atoms with Crippen molar-refractivity contribution in [2.45, 2.75) is 154 Å². The largest absolute Gasteiger partial charge is 0.482 e. The van der Waals surface area contributed by atoms with Gasteiger partial charge in [-0.15, -0.1) is 23.4 Å². The molecule has 1 aromatic rings. The number of nitrogens with zero attached hydrogens (tertiary/aromatic N) is 1. The summed E-state index contributed by atoms with van der Waals surface area (Å²) in [4.78, 5) is 47.4. The quantitative estimate of drug-likeness (QED) is 0.0721. The monoisotopic (exact) mass is 847 g/mol. The molecule has 2 bridgehead atoms. The Morgan fingerprint density at radius 3 is 2.54 bits per heavy atom. The van der Waals surface area contributed by atoms with E-state index in [-0.39, 0.29) is 34.3 Å². The number of fused-ring (bicyclic) bond motifs is 6. The molecule has 0 aromatic heterocycles. The number of ether oxygens (including phenoxy) is 4. The van der Waals surface area contributed by atoms with Crippen LogP contribution >= 0.6 is 23.4 Å². The van der Waals surface area contributed by atoms with Gasteiger partial charge in [-0.2, -0.15) is 0 Å². The fourth-order valence-electron chi connectivity index (χ4n) is 10.5. The van der Waals surface area contributed by atoms with Crippen molar-refractivity contribution in [2.75, 3.05) is 13.0 Å². The molecule has 7 atom stereocenters. The summed E-state index contributed by atoms with van der Waals surface area (Å²) in [6.07, 6.45) is 15.3. The van der Waals surface area contributed by atoms with Crippen molar-refractivity contribution in [1.29, 1.82) is 0 Å². The second kappa shape index (κ2) is 16.2. The van der Waals surface area contributed by atoms with Crippen LogP contribution in [0.4, 0.5) is 0 Å². The summed E-state index contributed by atoms with van der Waals surface area (Å²) in [6, 6.07) is 0. The molecule has 3 aliphatic heterocycles. The zero-order chi connectivity index (χ0) is 42.8. The van der Waals surface area contributed by atoms with Crippen LogP contribution in [0.15, 0.2) is 39.9 Å². The first-order valence-corrected chi connectivity index (χ1v) is 23.0. The second-order valence-corrected chi connectivity index (χ2v) is 20.8. The molecule has 3 heterocycles. The molecule has 7 aliphatic rings. The molecule has 0 saturated heterocycles. The Kier molecular flexibility index (Phi) is 12.0. The number of esters is 2. The molecule has 0 amide bonds. The number of methoxy groups -OCH3 is 1. The lowest BCUT2D eigenvalue weighted by Crippen LogP contribution is -2.75. The molecule has 59 heavy (non-hydrogen) atoms. The van der Waals surface area contributed by atoms with Gasteiger partial charge < -0.3 is 24.1 Å². The molecule has 1 aromatic carbocycles. The minimum Gasteiger partial charge on any atom is -0.482 e. The van der Waals surface area contributed by atoms with Crippen molar-refractivity contribution < 1.29 is 38.4 Å². The lowest BCUT2D eigenvalue weighted by molar-refractivity contribution is -0.184. The topological polar surface area (TPSA) is 121 Å². The molecule has 0 radical (unpaired) electrons. The minimum atomic E-state index is -1.37. The van der Waals surface area contributed by atoms with Crippen LogP contribution in [0.2, 0.25) is 0 Å². The molecule has 9 nitrogen and oxygen atoms in total. The summed E-state index contributed by atoms with van der Waals surface area (Å²) in [7, 11) is 1.35. The zero-order valence-electron chi connectivity index (χ0n) is 36.5. The van der Waals surface area contributed by atoms with Crippen molar-refractivity contribution in [2.24, 2.45) is 28.2 Å². The lowest BCUT2D eigenvalue weighted by Gasteiger charge is -2.66. The maximum absolute atomic E-state index is 15.5. The molecule has 1 spiro atoms. The number of hydrogen-bond donors (Lipinski definition) is 1. The van der Waals surface area contributed by atoms with Gasteiger partial charge in [0.1, 0.15) is 34.4 Å². The highest BCUT2D eigenvalue weighted by molar-refractivity contribution is 8.01. The van der Waals surface area contributed by atoms with Gasteiger partial charge in [0, 0.05) is 44.3 Å². The predicted molar refractivity (Wildman–Crippen MR) is 235 cm³/mol. The number of hydrogen-bond acceptors (Lipinski definition) is 10. The Balaban J connectivity index is 1.61. The average Bonchev–Trinajstić information content (AvgIpc) is 3.36. The van der Waals surface area contributed by atoms with Crippen LogP contribution in [-0.4, -0.2) is 68.8 Å². The molecule has 1 N–H and O–H groups in total. The average molecular weight is 849 g/mol. The third kappa shape index (κ3) is 7.55. The van der Waals surface area contributed by atoms with Gasteiger partial charge in [-0.3, -0.25) is 14.6 Å². The first-order valence-electron chi connectivity index (χ1n) is 21.5. The maximum Gasteiger partial charge on any atom is 0.333 e. The Morgan fingerprint density at radius 2 is 1.88 bits per heavy atom. The Labute approximate surface area is 359 Å². The van der Waals surface area contributed by atoms with Crippen LogP contribution in [-0.2, 0) is 25.5 Å². The summed E-state index contributed by atoms with van der Waals surface area (Å²) >= 11 is 8.01. The standard InChI is InChI=1S/C48H62ClNO8S/c1-26(2)14-13-22-46(8)23-21-30-39(57-46)29(19-17-27(3)4)41-36(40(30)56-35(51)25-49)38-37-43(59-33-16-12-11-15-32(33)50-38)47(9)24-34(45(6,7)54)48(37,58-41)31(42(47)52)20-18-28(5)44(53)55-10/h14,18,21,23,27,31,33-34,43,54H,11-13,15-17,19-20,22,24-25H2,1-10H3. The number of aliphatic hydroxyl groups is 1. The Morgan fingerprint density at radius 1 is 1.14 bits per heavy atom. The van der Waals surface area contributed by atoms with Crippen LogP contribution in [0.5, 0.6) is 17.2 Å². The first kappa shape index (κ1) is 43.7. The van der Waals surface area contributed by atoms with Crippen LogP contribution in [0.25, 0.3) is 11.8 Å². The number of halogens is 1. The molecule has 7 unspecified atom stereocenters. The van der Waals surface area contributed by atoms with Gasteiger partial charge >= 0.3 is 11.9 Å². The number of carbonyl (C=O) groups is 3. The highest BCUT2D eigenvalue weighted by Gasteiger charge is 2.75. The highest BCUT2D eigenvalue weighted by Crippen LogP contribution is 2.71. The number of ketones is 1. The number of thioether (sulfide) groups is 1. The summed E-state index contributed by atoms with van der Waals surface area (Å²) in [6.45, 7) is 18.0. The molecule has 320 valence electrons. The van der Waals surface area contributed by atoms with Crippen molar-refractivity contribution in [3.8, 4) is 17.2 Å². The summed E-state index contributed by atoms with van der Waals surface area (Å²) in [5, 5.41) is 12.1. The van der Waals surface area contributed by atoms with Crippen LogP contribution < -0.4 is 14.2 Å². The van der Waals surface area contributed by atoms with Gasteiger partial charge in [0.05, 0.1) is 35.5 Å². The van der Waals surface area contributed by atoms with E-state index in [2.05, 4.69) is 53.7 Å². The van der Waals surface area contributed by atoms with Crippen molar-refractivity contribution in [3.63, 3.8) is 0 Å². The van der Waals surface area contributed by atoms with E-state index in [0.29, 0.717) is 59.1 Å². The van der Waals surface area contributed by atoms with Gasteiger partial charge in [-0.25, -0.2) is 4.79 Å². The van der Waals surface area contributed by atoms with E-state index in [4.69, 9.17) is 35.5 Å². The normalized spacial score (nSPS) is 30.6. The van der Waals surface area contributed by atoms with Crippen molar-refractivity contribution in [3.05, 3.63) is 51.6 Å². The molecular formula is C48H62ClNO8S. The molecule has 8 rings (SSSR count). The van der Waals surface area contributed by atoms with Crippen molar-refractivity contribution in [1.82, 2.24) is 0 Å². The third-order valence-corrected chi connectivity index (χ3v) is 15.7. The number of carbonyl (C=O) groups excluding carboxylic acids is 3. The molecule has 11 heteroatoms. The van der Waals surface area contributed by atoms with E-state index in [9.17, 15) is 14.7 Å². The Bertz CT molecular complexity index is 2090. The fourth-order valence-corrected chi connectivity index (χ4v) is 12.5. The van der Waals surface area contributed by atoms with Gasteiger partial charge in [0.25, 0.3) is 0 Å². The van der Waals surface area contributed by atoms with E-state index in [1.54, 1.807) is 13.0 Å². The van der Waals surface area contributed by atoms with E-state index < -0.39 is 46.0 Å². The number of rotatable bonds is 12. The minimum absolute atomic E-state index is 0.0525. The number of alkyl halides is 1. The first-order chi connectivity index (χ1) is 27.8. The zero-order valence-corrected chi connectivity index (χ0v) is 38.1. The van der Waals surface area contributed by atoms with E-state index in [0.717, 1.165) is 55.4 Å². The van der Waals surface area contributed by atoms with Gasteiger partial charge in [0.2, 0.25) is 0 Å². The predicted octanol–water partition coefficient (Wildman–Crippen LogP) is 10.2. The SMILES string of the molecule is COC(=O)C(C)=CCC1C(=O)C2(C)CC(C(C)(C)O)C13Oc1c(CCC(C)C)c4c(c(OC(=O)CCl)c1C1=C3C2SC2CCCCC2=N1)C=CC(C)(CCC=C(C)C)O4. The number of aliphatic imine (C=N–C) groups is 1. The van der Waals surface area contributed by atoms with Crippen molar-refractivity contribution >= 4 is 58.6 Å². The lowest BCUT2D eigenvalue weighted by atomic mass is 9.44.